The first-order valence-electron chi connectivity index (χ1n) is 8.79. The van der Waals surface area contributed by atoms with E-state index in [0.29, 0.717) is 0 Å². The van der Waals surface area contributed by atoms with Crippen LogP contribution >= 0.6 is 0 Å². The van der Waals surface area contributed by atoms with Gasteiger partial charge in [-0.2, -0.15) is 0 Å². The SMILES string of the molecule is C=CC(N=C(c1ccc(OC)cc1)c1ccc(OC)cc1)c1ccccc1. The molecule has 136 valence electrons. The highest BCUT2D eigenvalue weighted by molar-refractivity contribution is 6.13. The van der Waals surface area contributed by atoms with E-state index >= 15 is 0 Å². The number of hydrogen-bond donors (Lipinski definition) is 0. The zero-order chi connectivity index (χ0) is 19.1. The summed E-state index contributed by atoms with van der Waals surface area (Å²) in [5.74, 6) is 1.63. The van der Waals surface area contributed by atoms with Crippen molar-refractivity contribution in [2.45, 2.75) is 6.04 Å². The third-order valence-corrected chi connectivity index (χ3v) is 4.36. The molecule has 0 aliphatic rings. The fraction of sp³-hybridized carbons (Fsp3) is 0.125. The van der Waals surface area contributed by atoms with Crippen molar-refractivity contribution in [2.75, 3.05) is 14.2 Å². The highest BCUT2D eigenvalue weighted by atomic mass is 16.5. The minimum absolute atomic E-state index is 0.134. The molecule has 0 heterocycles. The van der Waals surface area contributed by atoms with Crippen LogP contribution < -0.4 is 9.47 Å². The fourth-order valence-electron chi connectivity index (χ4n) is 2.87. The van der Waals surface area contributed by atoms with E-state index in [1.807, 2.05) is 72.8 Å². The third kappa shape index (κ3) is 4.45. The van der Waals surface area contributed by atoms with Gasteiger partial charge in [-0.15, -0.1) is 6.58 Å². The lowest BCUT2D eigenvalue weighted by Gasteiger charge is -2.14. The molecule has 0 fully saturated rings. The van der Waals surface area contributed by atoms with Crippen LogP contribution in [0.1, 0.15) is 22.7 Å². The second-order valence-electron chi connectivity index (χ2n) is 6.03. The van der Waals surface area contributed by atoms with Crippen LogP contribution in [0.5, 0.6) is 11.5 Å². The van der Waals surface area contributed by atoms with E-state index in [1.165, 1.54) is 0 Å². The molecule has 3 nitrogen and oxygen atoms in total. The first kappa shape index (κ1) is 18.5. The van der Waals surface area contributed by atoms with E-state index in [9.17, 15) is 0 Å². The molecular weight excluding hydrogens is 334 g/mol. The Labute approximate surface area is 160 Å². The van der Waals surface area contributed by atoms with E-state index < -0.39 is 0 Å². The lowest BCUT2D eigenvalue weighted by molar-refractivity contribution is 0.414. The van der Waals surface area contributed by atoms with Gasteiger partial charge in [0.15, 0.2) is 0 Å². The molecule has 3 aromatic carbocycles. The van der Waals surface area contributed by atoms with E-state index in [-0.39, 0.29) is 6.04 Å². The summed E-state index contributed by atoms with van der Waals surface area (Å²) in [5, 5.41) is 0. The van der Waals surface area contributed by atoms with Gasteiger partial charge in [-0.1, -0.05) is 36.4 Å². The molecule has 1 unspecified atom stereocenters. The van der Waals surface area contributed by atoms with Gasteiger partial charge >= 0.3 is 0 Å². The van der Waals surface area contributed by atoms with E-state index in [2.05, 4.69) is 18.7 Å². The molecule has 0 saturated heterocycles. The Morgan fingerprint density at radius 3 is 1.67 bits per heavy atom. The highest BCUT2D eigenvalue weighted by Gasteiger charge is 2.12. The first-order valence-corrected chi connectivity index (χ1v) is 8.79. The summed E-state index contributed by atoms with van der Waals surface area (Å²) >= 11 is 0. The van der Waals surface area contributed by atoms with Crippen molar-refractivity contribution < 1.29 is 9.47 Å². The zero-order valence-electron chi connectivity index (χ0n) is 15.6. The normalized spacial score (nSPS) is 11.3. The maximum atomic E-state index is 5.28. The summed E-state index contributed by atoms with van der Waals surface area (Å²) in [4.78, 5) is 5.03. The number of rotatable bonds is 7. The minimum Gasteiger partial charge on any atom is -0.497 e. The predicted octanol–water partition coefficient (Wildman–Crippen LogP) is 5.47. The van der Waals surface area contributed by atoms with Gasteiger partial charge < -0.3 is 9.47 Å². The maximum Gasteiger partial charge on any atom is 0.118 e. The van der Waals surface area contributed by atoms with Crippen molar-refractivity contribution in [1.82, 2.24) is 0 Å². The van der Waals surface area contributed by atoms with Crippen molar-refractivity contribution in [3.05, 3.63) is 108 Å². The van der Waals surface area contributed by atoms with Crippen LogP contribution in [0.25, 0.3) is 0 Å². The molecule has 0 aliphatic heterocycles. The van der Waals surface area contributed by atoms with E-state index in [1.54, 1.807) is 14.2 Å². The number of hydrogen-bond acceptors (Lipinski definition) is 3. The van der Waals surface area contributed by atoms with Gasteiger partial charge in [0.1, 0.15) is 11.5 Å². The molecule has 0 N–H and O–H groups in total. The molecule has 1 atom stereocenters. The van der Waals surface area contributed by atoms with Gasteiger partial charge in [0, 0.05) is 11.1 Å². The number of benzene rings is 3. The Balaban J connectivity index is 2.08. The van der Waals surface area contributed by atoms with Gasteiger partial charge in [0.2, 0.25) is 0 Å². The molecular formula is C24H23NO2. The van der Waals surface area contributed by atoms with Gasteiger partial charge in [-0.3, -0.25) is 4.99 Å². The topological polar surface area (TPSA) is 30.8 Å². The average Bonchev–Trinajstić information content (AvgIpc) is 2.75. The fourth-order valence-corrected chi connectivity index (χ4v) is 2.87. The molecule has 3 rings (SSSR count). The molecule has 0 bridgehead atoms. The molecule has 3 aromatic rings. The number of methoxy groups -OCH3 is 2. The second-order valence-corrected chi connectivity index (χ2v) is 6.03. The Hall–Kier alpha value is -3.33. The molecule has 27 heavy (non-hydrogen) atoms. The van der Waals surface area contributed by atoms with Crippen LogP contribution in [0.3, 0.4) is 0 Å². The van der Waals surface area contributed by atoms with Crippen molar-refractivity contribution in [3.63, 3.8) is 0 Å². The highest BCUT2D eigenvalue weighted by Crippen LogP contribution is 2.24. The van der Waals surface area contributed by atoms with Crippen molar-refractivity contribution in [3.8, 4) is 11.5 Å². The number of aliphatic imine (C=N–C) groups is 1. The summed E-state index contributed by atoms with van der Waals surface area (Å²) < 4.78 is 10.6. The Bertz CT molecular complexity index is 848. The zero-order valence-corrected chi connectivity index (χ0v) is 15.6. The molecule has 3 heteroatoms. The quantitative estimate of drug-likeness (QED) is 0.415. The molecule has 0 radical (unpaired) electrons. The Morgan fingerprint density at radius 2 is 1.26 bits per heavy atom. The Morgan fingerprint density at radius 1 is 0.778 bits per heavy atom. The summed E-state index contributed by atoms with van der Waals surface area (Å²) in [7, 11) is 3.33. The van der Waals surface area contributed by atoms with Crippen molar-refractivity contribution in [2.24, 2.45) is 4.99 Å². The lowest BCUT2D eigenvalue weighted by atomic mass is 10.0. The van der Waals surface area contributed by atoms with Gasteiger partial charge in [0.05, 0.1) is 26.0 Å². The van der Waals surface area contributed by atoms with E-state index in [4.69, 9.17) is 14.5 Å². The first-order chi connectivity index (χ1) is 13.2. The van der Waals surface area contributed by atoms with Crippen LogP contribution in [-0.2, 0) is 0 Å². The second kappa shape index (κ2) is 8.86. The summed E-state index contributed by atoms with van der Waals surface area (Å²) in [5.41, 5.74) is 4.04. The van der Waals surface area contributed by atoms with Crippen molar-refractivity contribution >= 4 is 5.71 Å². The minimum atomic E-state index is -0.134. The van der Waals surface area contributed by atoms with E-state index in [0.717, 1.165) is 33.9 Å². The van der Waals surface area contributed by atoms with Crippen LogP contribution in [-0.4, -0.2) is 19.9 Å². The molecule has 0 spiro atoms. The molecule has 0 aliphatic carbocycles. The lowest BCUT2D eigenvalue weighted by Crippen LogP contribution is -2.06. The third-order valence-electron chi connectivity index (χ3n) is 4.36. The molecule has 0 aromatic heterocycles. The van der Waals surface area contributed by atoms with Crippen LogP contribution in [0, 0.1) is 0 Å². The molecule has 0 saturated carbocycles. The van der Waals surface area contributed by atoms with Crippen LogP contribution in [0.4, 0.5) is 0 Å². The van der Waals surface area contributed by atoms with Gasteiger partial charge in [0.25, 0.3) is 0 Å². The Kier molecular flexibility index (Phi) is 6.06. The summed E-state index contributed by atoms with van der Waals surface area (Å²) in [6, 6.07) is 25.9. The summed E-state index contributed by atoms with van der Waals surface area (Å²) in [6.45, 7) is 3.99. The van der Waals surface area contributed by atoms with Gasteiger partial charge in [-0.25, -0.2) is 0 Å². The number of ether oxygens (including phenoxy) is 2. The largest absolute Gasteiger partial charge is 0.497 e. The monoisotopic (exact) mass is 357 g/mol. The predicted molar refractivity (Wildman–Crippen MR) is 111 cm³/mol. The van der Waals surface area contributed by atoms with Crippen LogP contribution in [0.2, 0.25) is 0 Å². The van der Waals surface area contributed by atoms with Gasteiger partial charge in [-0.05, 0) is 54.1 Å². The smallest absolute Gasteiger partial charge is 0.118 e. The average molecular weight is 357 g/mol. The maximum absolute atomic E-state index is 5.28. The van der Waals surface area contributed by atoms with Crippen molar-refractivity contribution in [1.29, 1.82) is 0 Å². The standard InChI is InChI=1S/C24H23NO2/c1-4-23(18-8-6-5-7-9-18)25-24(19-10-14-21(26-2)15-11-19)20-12-16-22(27-3)17-13-20/h4-17,23H,1H2,2-3H3. The van der Waals surface area contributed by atoms with Crippen LogP contribution in [0.15, 0.2) is 96.5 Å². The summed E-state index contributed by atoms with van der Waals surface area (Å²) in [6.07, 6.45) is 1.86. The number of nitrogens with zero attached hydrogens (tertiary/aromatic N) is 1. The molecule has 0 amide bonds.